The maximum Gasteiger partial charge on any atom is 0.254 e. The van der Waals surface area contributed by atoms with E-state index in [0.717, 1.165) is 11.1 Å². The lowest BCUT2D eigenvalue weighted by molar-refractivity contribution is 0.0731. The van der Waals surface area contributed by atoms with E-state index in [0.29, 0.717) is 24.3 Å². The maximum atomic E-state index is 13.2. The maximum absolute atomic E-state index is 13.2. The molecule has 0 aliphatic rings. The summed E-state index contributed by atoms with van der Waals surface area (Å²) in [7, 11) is 0. The molecule has 0 aliphatic heterocycles. The van der Waals surface area contributed by atoms with Gasteiger partial charge in [0, 0.05) is 23.6 Å². The molecule has 5 nitrogen and oxygen atoms in total. The molecule has 0 unspecified atom stereocenters. The zero-order valence-electron chi connectivity index (χ0n) is 14.2. The zero-order valence-corrected chi connectivity index (χ0v) is 14.2. The van der Waals surface area contributed by atoms with Crippen LogP contribution in [0.25, 0.3) is 10.4 Å². The smallest absolute Gasteiger partial charge is 0.254 e. The highest BCUT2D eigenvalue weighted by molar-refractivity contribution is 5.98. The Labute approximate surface area is 152 Å². The van der Waals surface area contributed by atoms with Crippen LogP contribution < -0.4 is 0 Å². The van der Waals surface area contributed by atoms with Crippen molar-refractivity contribution in [3.63, 3.8) is 0 Å². The summed E-state index contributed by atoms with van der Waals surface area (Å²) in [6.45, 7) is 0.943. The molecular formula is C21H18N4O. The van der Waals surface area contributed by atoms with Crippen molar-refractivity contribution in [1.29, 1.82) is 0 Å². The number of nitrogens with zero attached hydrogens (tertiary/aromatic N) is 4. The minimum atomic E-state index is -0.166. The quantitative estimate of drug-likeness (QED) is 0.332. The van der Waals surface area contributed by atoms with Crippen molar-refractivity contribution in [3.05, 3.63) is 112 Å². The molecule has 0 atom stereocenters. The zero-order chi connectivity index (χ0) is 18.2. The van der Waals surface area contributed by atoms with Gasteiger partial charge in [0.05, 0.1) is 5.69 Å². The second-order valence-corrected chi connectivity index (χ2v) is 5.84. The first kappa shape index (κ1) is 17.3. The van der Waals surface area contributed by atoms with E-state index in [1.807, 2.05) is 60.7 Å². The van der Waals surface area contributed by atoms with Crippen LogP contribution in [0.2, 0.25) is 0 Å². The van der Waals surface area contributed by atoms with Crippen molar-refractivity contribution >= 4 is 11.6 Å². The van der Waals surface area contributed by atoms with Gasteiger partial charge < -0.3 is 4.90 Å². The molecule has 0 saturated carbocycles. The highest BCUT2D eigenvalue weighted by atomic mass is 16.2. The van der Waals surface area contributed by atoms with Crippen LogP contribution in [0.4, 0.5) is 5.69 Å². The van der Waals surface area contributed by atoms with Crippen LogP contribution in [0.1, 0.15) is 21.5 Å². The molecule has 3 aromatic rings. The van der Waals surface area contributed by atoms with E-state index in [1.165, 1.54) is 0 Å². The molecule has 0 spiro atoms. The number of hydrogen-bond acceptors (Lipinski definition) is 2. The fourth-order valence-corrected chi connectivity index (χ4v) is 2.77. The Bertz CT molecular complexity index is 878. The second kappa shape index (κ2) is 8.51. The van der Waals surface area contributed by atoms with E-state index < -0.39 is 0 Å². The lowest BCUT2D eigenvalue weighted by Crippen LogP contribution is -2.30. The Kier molecular flexibility index (Phi) is 5.65. The summed E-state index contributed by atoms with van der Waals surface area (Å²) in [5, 5.41) is 3.66. The van der Waals surface area contributed by atoms with E-state index in [2.05, 4.69) is 10.0 Å². The summed E-state index contributed by atoms with van der Waals surface area (Å²) >= 11 is 0. The normalized spacial score (nSPS) is 10.0. The number of carbonyl (C=O) groups excluding carboxylic acids is 1. The Balaban J connectivity index is 1.94. The van der Waals surface area contributed by atoms with Gasteiger partial charge in [-0.2, -0.15) is 0 Å². The highest BCUT2D eigenvalue weighted by Gasteiger charge is 2.19. The Morgan fingerprint density at radius 2 is 1.31 bits per heavy atom. The summed E-state index contributed by atoms with van der Waals surface area (Å²) in [6.07, 6.45) is 0. The molecule has 0 radical (unpaired) electrons. The molecule has 0 saturated heterocycles. The lowest BCUT2D eigenvalue weighted by atomic mass is 10.1. The molecule has 0 heterocycles. The first-order valence-corrected chi connectivity index (χ1v) is 8.29. The number of carbonyl (C=O) groups is 1. The standard InChI is InChI=1S/C21H18N4O/c22-24-23-20-14-8-7-13-19(20)21(26)25(15-17-9-3-1-4-10-17)16-18-11-5-2-6-12-18/h1-14H,15-16H2. The monoisotopic (exact) mass is 342 g/mol. The largest absolute Gasteiger partial charge is 0.330 e. The average Bonchev–Trinajstić information content (AvgIpc) is 2.69. The lowest BCUT2D eigenvalue weighted by Gasteiger charge is -2.24. The van der Waals surface area contributed by atoms with Crippen molar-refractivity contribution in [1.82, 2.24) is 4.90 Å². The molecule has 128 valence electrons. The molecule has 0 bridgehead atoms. The van der Waals surface area contributed by atoms with Crippen molar-refractivity contribution in [2.24, 2.45) is 5.11 Å². The van der Waals surface area contributed by atoms with Gasteiger partial charge in [0.15, 0.2) is 0 Å². The van der Waals surface area contributed by atoms with Crippen molar-refractivity contribution in [2.75, 3.05) is 0 Å². The van der Waals surface area contributed by atoms with E-state index in [-0.39, 0.29) is 5.91 Å². The summed E-state index contributed by atoms with van der Waals surface area (Å²) in [5.74, 6) is -0.166. The van der Waals surface area contributed by atoms with Gasteiger partial charge in [-0.05, 0) is 22.7 Å². The summed E-state index contributed by atoms with van der Waals surface area (Å²) in [6, 6.07) is 26.5. The van der Waals surface area contributed by atoms with Crippen molar-refractivity contribution < 1.29 is 4.79 Å². The number of azide groups is 1. The van der Waals surface area contributed by atoms with E-state index in [4.69, 9.17) is 5.53 Å². The van der Waals surface area contributed by atoms with Gasteiger partial charge in [-0.1, -0.05) is 84.0 Å². The Morgan fingerprint density at radius 1 is 0.808 bits per heavy atom. The van der Waals surface area contributed by atoms with Crippen LogP contribution in [0.15, 0.2) is 90.0 Å². The average molecular weight is 342 g/mol. The number of hydrogen-bond donors (Lipinski definition) is 0. The molecule has 0 fully saturated rings. The molecular weight excluding hydrogens is 324 g/mol. The van der Waals surface area contributed by atoms with Gasteiger partial charge in [-0.15, -0.1) is 0 Å². The minimum absolute atomic E-state index is 0.166. The van der Waals surface area contributed by atoms with Gasteiger partial charge in [0.2, 0.25) is 0 Å². The van der Waals surface area contributed by atoms with Crippen LogP contribution in [-0.2, 0) is 13.1 Å². The van der Waals surface area contributed by atoms with Crippen molar-refractivity contribution in [3.8, 4) is 0 Å². The van der Waals surface area contributed by atoms with Gasteiger partial charge in [0.1, 0.15) is 0 Å². The molecule has 5 heteroatoms. The van der Waals surface area contributed by atoms with Crippen LogP contribution in [-0.4, -0.2) is 10.8 Å². The summed E-state index contributed by atoms with van der Waals surface area (Å²) < 4.78 is 0. The van der Waals surface area contributed by atoms with E-state index in [1.54, 1.807) is 29.2 Å². The first-order valence-electron chi connectivity index (χ1n) is 8.29. The molecule has 0 aliphatic carbocycles. The summed E-state index contributed by atoms with van der Waals surface area (Å²) in [4.78, 5) is 17.8. The third-order valence-corrected chi connectivity index (χ3v) is 4.01. The Morgan fingerprint density at radius 3 is 1.85 bits per heavy atom. The third-order valence-electron chi connectivity index (χ3n) is 4.01. The number of amides is 1. The van der Waals surface area contributed by atoms with E-state index in [9.17, 15) is 4.79 Å². The van der Waals surface area contributed by atoms with Gasteiger partial charge in [-0.3, -0.25) is 4.79 Å². The predicted octanol–water partition coefficient (Wildman–Crippen LogP) is 5.47. The molecule has 3 aromatic carbocycles. The van der Waals surface area contributed by atoms with Crippen LogP contribution in [0, 0.1) is 0 Å². The fourth-order valence-electron chi connectivity index (χ4n) is 2.77. The molecule has 1 amide bonds. The topological polar surface area (TPSA) is 69.1 Å². The first-order chi connectivity index (χ1) is 12.8. The van der Waals surface area contributed by atoms with Gasteiger partial charge in [-0.25, -0.2) is 0 Å². The predicted molar refractivity (Wildman–Crippen MR) is 102 cm³/mol. The number of benzene rings is 3. The highest BCUT2D eigenvalue weighted by Crippen LogP contribution is 2.23. The minimum Gasteiger partial charge on any atom is -0.330 e. The number of rotatable bonds is 6. The Hall–Kier alpha value is -3.56. The summed E-state index contributed by atoms with van der Waals surface area (Å²) in [5.41, 5.74) is 11.6. The second-order valence-electron chi connectivity index (χ2n) is 5.84. The fraction of sp³-hybridized carbons (Fsp3) is 0.0952. The molecule has 0 aromatic heterocycles. The molecule has 26 heavy (non-hydrogen) atoms. The molecule has 0 N–H and O–H groups in total. The SMILES string of the molecule is [N-]=[N+]=Nc1ccccc1C(=O)N(Cc1ccccc1)Cc1ccccc1. The third kappa shape index (κ3) is 4.29. The van der Waals surface area contributed by atoms with Crippen LogP contribution in [0.5, 0.6) is 0 Å². The van der Waals surface area contributed by atoms with Crippen LogP contribution in [0.3, 0.4) is 0 Å². The van der Waals surface area contributed by atoms with Gasteiger partial charge in [0.25, 0.3) is 5.91 Å². The van der Waals surface area contributed by atoms with Crippen molar-refractivity contribution in [2.45, 2.75) is 13.1 Å². The van der Waals surface area contributed by atoms with E-state index >= 15 is 0 Å². The van der Waals surface area contributed by atoms with Gasteiger partial charge >= 0.3 is 0 Å². The van der Waals surface area contributed by atoms with Crippen LogP contribution >= 0.6 is 0 Å². The molecule has 3 rings (SSSR count).